The van der Waals surface area contributed by atoms with Gasteiger partial charge in [0.05, 0.1) is 11.4 Å². The first-order valence-corrected chi connectivity index (χ1v) is 8.97. The fraction of sp³-hybridized carbons (Fsp3) is 0.176. The van der Waals surface area contributed by atoms with Gasteiger partial charge in [-0.05, 0) is 37.5 Å². The van der Waals surface area contributed by atoms with Crippen molar-refractivity contribution in [2.24, 2.45) is 0 Å². The van der Waals surface area contributed by atoms with Crippen molar-refractivity contribution in [2.45, 2.75) is 19.3 Å². The van der Waals surface area contributed by atoms with Gasteiger partial charge in [-0.25, -0.2) is 14.3 Å². The summed E-state index contributed by atoms with van der Waals surface area (Å²) in [6.45, 7) is 0. The van der Waals surface area contributed by atoms with Gasteiger partial charge >= 0.3 is 0 Å². The minimum Gasteiger partial charge on any atom is -0.269 e. The number of nitrogens with zero attached hydrogens (tertiary/aromatic N) is 3. The highest BCUT2D eigenvalue weighted by Crippen LogP contribution is 2.34. The molecule has 6 nitrogen and oxygen atoms in total. The lowest BCUT2D eigenvalue weighted by Gasteiger charge is -2.14. The van der Waals surface area contributed by atoms with Crippen LogP contribution in [0.4, 0.5) is 5.69 Å². The predicted molar refractivity (Wildman–Crippen MR) is 94.0 cm³/mol. The van der Waals surface area contributed by atoms with Crippen molar-refractivity contribution in [2.75, 3.05) is 4.90 Å². The number of aromatic nitrogens is 2. The summed E-state index contributed by atoms with van der Waals surface area (Å²) in [7, 11) is 0. The third-order valence-electron chi connectivity index (χ3n) is 4.57. The summed E-state index contributed by atoms with van der Waals surface area (Å²) in [5, 5.41) is 0.426. The fourth-order valence-electron chi connectivity index (χ4n) is 3.46. The number of hydrogen-bond acceptors (Lipinski definition) is 5. The van der Waals surface area contributed by atoms with Crippen LogP contribution >= 0.6 is 22.9 Å². The lowest BCUT2D eigenvalue weighted by atomic mass is 10.2. The molecule has 1 aliphatic heterocycles. The molecule has 0 spiro atoms. The van der Waals surface area contributed by atoms with Gasteiger partial charge in [0.25, 0.3) is 17.4 Å². The molecule has 2 amide bonds. The molecule has 0 saturated carbocycles. The van der Waals surface area contributed by atoms with Crippen molar-refractivity contribution in [1.82, 2.24) is 9.38 Å². The number of thiazole rings is 1. The van der Waals surface area contributed by atoms with Crippen molar-refractivity contribution in [1.29, 1.82) is 0 Å². The normalized spacial score (nSPS) is 16.0. The van der Waals surface area contributed by atoms with Crippen molar-refractivity contribution >= 4 is 45.4 Å². The molecule has 5 rings (SSSR count). The van der Waals surface area contributed by atoms with E-state index in [1.54, 1.807) is 24.3 Å². The van der Waals surface area contributed by atoms with E-state index in [-0.39, 0.29) is 16.1 Å². The largest absolute Gasteiger partial charge is 0.284 e. The van der Waals surface area contributed by atoms with Crippen LogP contribution in [-0.4, -0.2) is 21.2 Å². The SMILES string of the molecule is O=C1c2sc3nc4c(c(=O)n3c2C(=O)N1c1cccc(Cl)c1)CCC4. The topological polar surface area (TPSA) is 71.7 Å². The third-order valence-corrected chi connectivity index (χ3v) is 5.84. The summed E-state index contributed by atoms with van der Waals surface area (Å²) < 4.78 is 1.30. The number of fused-ring (bicyclic) bond motifs is 4. The van der Waals surface area contributed by atoms with Crippen LogP contribution in [0.5, 0.6) is 0 Å². The number of benzene rings is 1. The number of aryl methyl sites for hydroxylation is 1. The summed E-state index contributed by atoms with van der Waals surface area (Å²) in [5.41, 5.74) is 1.71. The zero-order chi connectivity index (χ0) is 17.3. The van der Waals surface area contributed by atoms with Crippen LogP contribution in [0.15, 0.2) is 29.1 Å². The van der Waals surface area contributed by atoms with Gasteiger partial charge < -0.3 is 0 Å². The van der Waals surface area contributed by atoms with Gasteiger partial charge in [-0.15, -0.1) is 0 Å². The van der Waals surface area contributed by atoms with Crippen molar-refractivity contribution < 1.29 is 9.59 Å². The molecule has 0 N–H and O–H groups in total. The quantitative estimate of drug-likeness (QED) is 0.616. The number of carbonyl (C=O) groups excluding carboxylic acids is 2. The molecule has 1 aromatic carbocycles. The van der Waals surface area contributed by atoms with Gasteiger partial charge in [0, 0.05) is 10.6 Å². The summed E-state index contributed by atoms with van der Waals surface area (Å²) >= 11 is 7.06. The zero-order valence-electron chi connectivity index (χ0n) is 12.8. The minimum absolute atomic E-state index is 0.108. The average molecular weight is 372 g/mol. The van der Waals surface area contributed by atoms with Crippen LogP contribution < -0.4 is 10.5 Å². The fourth-order valence-corrected chi connectivity index (χ4v) is 4.71. The Labute approximate surface area is 150 Å². The Kier molecular flexibility index (Phi) is 2.96. The second kappa shape index (κ2) is 5.00. The number of hydrogen-bond donors (Lipinski definition) is 0. The number of imide groups is 1. The van der Waals surface area contributed by atoms with Gasteiger partial charge in [-0.1, -0.05) is 29.0 Å². The van der Waals surface area contributed by atoms with Crippen LogP contribution in [-0.2, 0) is 12.8 Å². The predicted octanol–water partition coefficient (Wildman–Crippen LogP) is 2.70. The highest BCUT2D eigenvalue weighted by atomic mass is 35.5. The molecule has 0 saturated heterocycles. The molecule has 25 heavy (non-hydrogen) atoms. The minimum atomic E-state index is -0.518. The first-order valence-electron chi connectivity index (χ1n) is 7.78. The maximum atomic E-state index is 12.9. The van der Waals surface area contributed by atoms with Crippen LogP contribution in [0.25, 0.3) is 4.96 Å². The van der Waals surface area contributed by atoms with E-state index in [1.165, 1.54) is 4.40 Å². The summed E-state index contributed by atoms with van der Waals surface area (Å²) in [4.78, 5) is 44.7. The van der Waals surface area contributed by atoms with Crippen LogP contribution in [0.3, 0.4) is 0 Å². The van der Waals surface area contributed by atoms with Crippen LogP contribution in [0, 0.1) is 0 Å². The Hall–Kier alpha value is -2.51. The number of rotatable bonds is 1. The molecule has 2 aromatic heterocycles. The van der Waals surface area contributed by atoms with Gasteiger partial charge in [-0.2, -0.15) is 0 Å². The van der Waals surface area contributed by atoms with Crippen molar-refractivity contribution in [3.05, 3.63) is 61.5 Å². The van der Waals surface area contributed by atoms with E-state index in [0.29, 0.717) is 27.7 Å². The van der Waals surface area contributed by atoms with Crippen molar-refractivity contribution in [3.8, 4) is 0 Å². The molecule has 0 fully saturated rings. The smallest absolute Gasteiger partial charge is 0.269 e. The Bertz CT molecular complexity index is 1160. The number of halogens is 1. The van der Waals surface area contributed by atoms with E-state index in [4.69, 9.17) is 11.6 Å². The molecular weight excluding hydrogens is 362 g/mol. The highest BCUT2D eigenvalue weighted by Gasteiger charge is 2.42. The van der Waals surface area contributed by atoms with Gasteiger partial charge in [-0.3, -0.25) is 14.4 Å². The van der Waals surface area contributed by atoms with Crippen molar-refractivity contribution in [3.63, 3.8) is 0 Å². The van der Waals surface area contributed by atoms with E-state index in [0.717, 1.165) is 34.8 Å². The summed E-state index contributed by atoms with van der Waals surface area (Å²) in [5.74, 6) is -0.965. The molecule has 2 aliphatic rings. The molecule has 8 heteroatoms. The average Bonchev–Trinajstić information content (AvgIpc) is 3.24. The number of amides is 2. The molecule has 0 unspecified atom stereocenters. The second-order valence-electron chi connectivity index (χ2n) is 6.02. The molecule has 124 valence electrons. The summed E-state index contributed by atoms with van der Waals surface area (Å²) in [6, 6.07) is 6.52. The highest BCUT2D eigenvalue weighted by molar-refractivity contribution is 7.19. The van der Waals surface area contributed by atoms with Gasteiger partial charge in [0.2, 0.25) is 0 Å². The Balaban J connectivity index is 1.75. The molecule has 0 radical (unpaired) electrons. The zero-order valence-corrected chi connectivity index (χ0v) is 14.4. The van der Waals surface area contributed by atoms with E-state index in [1.807, 2.05) is 0 Å². The van der Waals surface area contributed by atoms with E-state index < -0.39 is 11.8 Å². The molecule has 0 atom stereocenters. The molecule has 3 aromatic rings. The Morgan fingerprint density at radius 1 is 1.12 bits per heavy atom. The standard InChI is InChI=1S/C17H10ClN3O3S/c18-8-3-1-4-9(7-8)20-15(23)12-13(16(20)24)25-17-19-11-6-2-5-10(11)14(22)21(12)17/h1,3-4,7H,2,5-6H2. The second-order valence-corrected chi connectivity index (χ2v) is 7.43. The Morgan fingerprint density at radius 2 is 1.96 bits per heavy atom. The lowest BCUT2D eigenvalue weighted by Crippen LogP contribution is -2.31. The van der Waals surface area contributed by atoms with Gasteiger partial charge in [0.1, 0.15) is 10.6 Å². The lowest BCUT2D eigenvalue weighted by molar-refractivity contribution is 0.0925. The maximum Gasteiger partial charge on any atom is 0.284 e. The first kappa shape index (κ1) is 14.8. The molecule has 3 heterocycles. The van der Waals surface area contributed by atoms with Gasteiger partial charge in [0.15, 0.2) is 4.96 Å². The number of anilines is 1. The molecule has 0 bridgehead atoms. The van der Waals surface area contributed by atoms with Crippen LogP contribution in [0.1, 0.15) is 37.8 Å². The maximum absolute atomic E-state index is 12.9. The number of carbonyl (C=O) groups is 2. The molecular formula is C17H10ClN3O3S. The van der Waals surface area contributed by atoms with E-state index in [2.05, 4.69) is 4.98 Å². The van der Waals surface area contributed by atoms with E-state index >= 15 is 0 Å². The van der Waals surface area contributed by atoms with Crippen LogP contribution in [0.2, 0.25) is 5.02 Å². The molecule has 1 aliphatic carbocycles. The third kappa shape index (κ3) is 1.90. The summed E-state index contributed by atoms with van der Waals surface area (Å²) in [6.07, 6.45) is 2.31. The van der Waals surface area contributed by atoms with E-state index in [9.17, 15) is 14.4 Å². The monoisotopic (exact) mass is 371 g/mol. The first-order chi connectivity index (χ1) is 12.1. The Morgan fingerprint density at radius 3 is 2.76 bits per heavy atom.